The van der Waals surface area contributed by atoms with Crippen LogP contribution in [0.5, 0.6) is 5.75 Å². The Hall–Kier alpha value is -2.60. The van der Waals surface area contributed by atoms with Gasteiger partial charge in [-0.05, 0) is 29.8 Å². The molecule has 0 atom stereocenters. The van der Waals surface area contributed by atoms with Crippen LogP contribution in [0.1, 0.15) is 5.56 Å². The van der Waals surface area contributed by atoms with Crippen LogP contribution in [0.2, 0.25) is 0 Å². The third-order valence-corrected chi connectivity index (χ3v) is 5.80. The number of nitrogens with zero attached hydrogens (tertiary/aromatic N) is 3. The highest BCUT2D eigenvalue weighted by Gasteiger charge is 2.23. The zero-order valence-electron chi connectivity index (χ0n) is 14.7. The number of para-hydroxylation sites is 1. The van der Waals surface area contributed by atoms with Crippen molar-refractivity contribution in [2.45, 2.75) is 6.42 Å². The van der Waals surface area contributed by atoms with Gasteiger partial charge in [-0.15, -0.1) is 0 Å². The molecule has 6 heteroatoms. The lowest BCUT2D eigenvalue weighted by Crippen LogP contribution is -2.49. The minimum absolute atomic E-state index is 0.180. The summed E-state index contributed by atoms with van der Waals surface area (Å²) in [5, 5.41) is 1.05. The van der Waals surface area contributed by atoms with Crippen molar-refractivity contribution >= 4 is 32.6 Å². The predicted octanol–water partition coefficient (Wildman–Crippen LogP) is 3.20. The van der Waals surface area contributed by atoms with E-state index in [4.69, 9.17) is 9.72 Å². The first-order chi connectivity index (χ1) is 12.7. The van der Waals surface area contributed by atoms with Gasteiger partial charge in [0.15, 0.2) is 5.13 Å². The van der Waals surface area contributed by atoms with Gasteiger partial charge in [-0.3, -0.25) is 4.79 Å². The lowest BCUT2D eigenvalue weighted by molar-refractivity contribution is -0.130. The molecular weight excluding hydrogens is 346 g/mol. The Kier molecular flexibility index (Phi) is 4.75. The molecule has 2 aromatic carbocycles. The summed E-state index contributed by atoms with van der Waals surface area (Å²) in [7, 11) is 1.64. The summed E-state index contributed by atoms with van der Waals surface area (Å²) in [6.45, 7) is 3.14. The second-order valence-corrected chi connectivity index (χ2v) is 7.37. The monoisotopic (exact) mass is 367 g/mol. The van der Waals surface area contributed by atoms with Crippen molar-refractivity contribution in [2.75, 3.05) is 38.2 Å². The molecule has 1 aromatic heterocycles. The van der Waals surface area contributed by atoms with E-state index in [0.717, 1.165) is 48.1 Å². The average molecular weight is 367 g/mol. The summed E-state index contributed by atoms with van der Waals surface area (Å²) < 4.78 is 6.37. The van der Waals surface area contributed by atoms with Gasteiger partial charge < -0.3 is 14.5 Å². The third-order valence-electron chi connectivity index (χ3n) is 4.70. The van der Waals surface area contributed by atoms with Gasteiger partial charge in [-0.1, -0.05) is 35.6 Å². The molecule has 4 rings (SSSR count). The summed E-state index contributed by atoms with van der Waals surface area (Å²) >= 11 is 1.72. The molecular formula is C20H21N3O2S. The second-order valence-electron chi connectivity index (χ2n) is 6.36. The minimum atomic E-state index is 0.180. The van der Waals surface area contributed by atoms with Crippen LogP contribution in [0.25, 0.3) is 10.2 Å². The van der Waals surface area contributed by atoms with Crippen molar-refractivity contribution in [2.24, 2.45) is 0 Å². The molecule has 0 N–H and O–H groups in total. The molecule has 0 bridgehead atoms. The van der Waals surface area contributed by atoms with E-state index in [-0.39, 0.29) is 5.91 Å². The van der Waals surface area contributed by atoms with Crippen molar-refractivity contribution in [3.63, 3.8) is 0 Å². The van der Waals surface area contributed by atoms with E-state index in [2.05, 4.69) is 11.0 Å². The highest BCUT2D eigenvalue weighted by Crippen LogP contribution is 2.29. The molecule has 0 saturated carbocycles. The lowest BCUT2D eigenvalue weighted by atomic mass is 10.1. The van der Waals surface area contributed by atoms with Crippen LogP contribution < -0.4 is 9.64 Å². The predicted molar refractivity (Wildman–Crippen MR) is 105 cm³/mol. The van der Waals surface area contributed by atoms with Crippen LogP contribution in [0, 0.1) is 0 Å². The molecule has 1 saturated heterocycles. The zero-order chi connectivity index (χ0) is 17.9. The fourth-order valence-electron chi connectivity index (χ4n) is 3.17. The van der Waals surface area contributed by atoms with Gasteiger partial charge in [0, 0.05) is 26.2 Å². The van der Waals surface area contributed by atoms with Crippen molar-refractivity contribution < 1.29 is 9.53 Å². The second kappa shape index (κ2) is 7.33. The number of piperazine rings is 1. The first-order valence-electron chi connectivity index (χ1n) is 8.74. The maximum Gasteiger partial charge on any atom is 0.227 e. The topological polar surface area (TPSA) is 45.7 Å². The lowest BCUT2D eigenvalue weighted by Gasteiger charge is -2.34. The third kappa shape index (κ3) is 3.51. The number of ether oxygens (including phenoxy) is 1. The number of methoxy groups -OCH3 is 1. The number of carbonyl (C=O) groups is 1. The molecule has 3 aromatic rings. The number of thiazole rings is 1. The molecule has 0 unspecified atom stereocenters. The van der Waals surface area contributed by atoms with E-state index in [0.29, 0.717) is 6.42 Å². The summed E-state index contributed by atoms with van der Waals surface area (Å²) in [4.78, 5) is 21.5. The molecule has 26 heavy (non-hydrogen) atoms. The fraction of sp³-hybridized carbons (Fsp3) is 0.300. The Labute approximate surface area is 156 Å². The Morgan fingerprint density at radius 1 is 1.08 bits per heavy atom. The smallest absolute Gasteiger partial charge is 0.227 e. The van der Waals surface area contributed by atoms with Gasteiger partial charge in [-0.25, -0.2) is 4.98 Å². The van der Waals surface area contributed by atoms with Crippen LogP contribution in [-0.2, 0) is 11.2 Å². The van der Waals surface area contributed by atoms with Crippen molar-refractivity contribution in [3.05, 3.63) is 54.1 Å². The van der Waals surface area contributed by atoms with Crippen molar-refractivity contribution in [1.29, 1.82) is 0 Å². The van der Waals surface area contributed by atoms with Crippen LogP contribution >= 0.6 is 11.3 Å². The van der Waals surface area contributed by atoms with E-state index >= 15 is 0 Å². The normalized spacial score (nSPS) is 14.7. The largest absolute Gasteiger partial charge is 0.497 e. The number of hydrogen-bond acceptors (Lipinski definition) is 5. The Morgan fingerprint density at radius 2 is 1.81 bits per heavy atom. The van der Waals surface area contributed by atoms with E-state index in [1.54, 1.807) is 18.4 Å². The van der Waals surface area contributed by atoms with Gasteiger partial charge in [0.05, 0.1) is 23.7 Å². The quantitative estimate of drug-likeness (QED) is 0.710. The molecule has 0 aliphatic carbocycles. The fourth-order valence-corrected chi connectivity index (χ4v) is 4.19. The summed E-state index contributed by atoms with van der Waals surface area (Å²) in [5.41, 5.74) is 2.06. The molecule has 1 aliphatic heterocycles. The molecule has 1 fully saturated rings. The number of anilines is 1. The molecule has 2 heterocycles. The van der Waals surface area contributed by atoms with E-state index < -0.39 is 0 Å². The van der Waals surface area contributed by atoms with Gasteiger partial charge in [0.1, 0.15) is 5.75 Å². The number of amides is 1. The van der Waals surface area contributed by atoms with E-state index in [9.17, 15) is 4.79 Å². The van der Waals surface area contributed by atoms with Crippen LogP contribution in [0.3, 0.4) is 0 Å². The molecule has 1 amide bonds. The van der Waals surface area contributed by atoms with Crippen LogP contribution in [0.4, 0.5) is 5.13 Å². The Bertz CT molecular complexity index is 866. The molecule has 1 aliphatic rings. The first kappa shape index (κ1) is 16.8. The van der Waals surface area contributed by atoms with Gasteiger partial charge in [0.25, 0.3) is 0 Å². The maximum atomic E-state index is 12.6. The standard InChI is InChI=1S/C20H21N3O2S/c1-25-16-8-6-15(7-9-16)14-19(24)22-10-12-23(13-11-22)20-21-17-4-2-3-5-18(17)26-20/h2-9H,10-14H2,1H3. The van der Waals surface area contributed by atoms with Crippen LogP contribution in [0.15, 0.2) is 48.5 Å². The van der Waals surface area contributed by atoms with Crippen molar-refractivity contribution in [1.82, 2.24) is 9.88 Å². The zero-order valence-corrected chi connectivity index (χ0v) is 15.5. The van der Waals surface area contributed by atoms with E-state index in [1.165, 1.54) is 4.70 Å². The number of benzene rings is 2. The van der Waals surface area contributed by atoms with Gasteiger partial charge in [-0.2, -0.15) is 0 Å². The number of rotatable bonds is 4. The highest BCUT2D eigenvalue weighted by molar-refractivity contribution is 7.22. The van der Waals surface area contributed by atoms with Gasteiger partial charge >= 0.3 is 0 Å². The highest BCUT2D eigenvalue weighted by atomic mass is 32.1. The Morgan fingerprint density at radius 3 is 2.50 bits per heavy atom. The number of hydrogen-bond donors (Lipinski definition) is 0. The van der Waals surface area contributed by atoms with E-state index in [1.807, 2.05) is 47.4 Å². The SMILES string of the molecule is COc1ccc(CC(=O)N2CCN(c3nc4ccccc4s3)CC2)cc1. The van der Waals surface area contributed by atoms with Crippen LogP contribution in [-0.4, -0.2) is 49.1 Å². The molecule has 0 spiro atoms. The molecule has 134 valence electrons. The van der Waals surface area contributed by atoms with Gasteiger partial charge in [0.2, 0.25) is 5.91 Å². The minimum Gasteiger partial charge on any atom is -0.497 e. The number of fused-ring (bicyclic) bond motifs is 1. The maximum absolute atomic E-state index is 12.6. The number of aromatic nitrogens is 1. The first-order valence-corrected chi connectivity index (χ1v) is 9.56. The molecule has 0 radical (unpaired) electrons. The number of carbonyl (C=O) groups excluding carboxylic acids is 1. The summed E-state index contributed by atoms with van der Waals surface area (Å²) in [6, 6.07) is 15.9. The Balaban J connectivity index is 1.35. The summed E-state index contributed by atoms with van der Waals surface area (Å²) in [6.07, 6.45) is 0.436. The molecule has 5 nitrogen and oxygen atoms in total. The summed E-state index contributed by atoms with van der Waals surface area (Å²) in [5.74, 6) is 0.991. The van der Waals surface area contributed by atoms with Crippen molar-refractivity contribution in [3.8, 4) is 5.75 Å². The average Bonchev–Trinajstić information content (AvgIpc) is 3.13.